The maximum Gasteiger partial charge on any atom is 0.161 e. The SMILES string of the molecule is CC(C)[N+]1(C)CCS(=O)(=O)CC1. The van der Waals surface area contributed by atoms with E-state index in [1.54, 1.807) is 0 Å². The van der Waals surface area contributed by atoms with Crippen molar-refractivity contribution >= 4 is 9.84 Å². The van der Waals surface area contributed by atoms with Gasteiger partial charge in [0.15, 0.2) is 9.84 Å². The average Bonchev–Trinajstić information content (AvgIpc) is 1.96. The van der Waals surface area contributed by atoms with Crippen molar-refractivity contribution < 1.29 is 12.9 Å². The smallest absolute Gasteiger partial charge is 0.161 e. The van der Waals surface area contributed by atoms with Crippen LogP contribution in [0.4, 0.5) is 0 Å². The predicted octanol–water partition coefficient (Wildman–Crippen LogP) is 0.270. The summed E-state index contributed by atoms with van der Waals surface area (Å²) in [5.74, 6) is 0.726. The van der Waals surface area contributed by atoms with Crippen molar-refractivity contribution in [2.75, 3.05) is 31.6 Å². The maximum absolute atomic E-state index is 11.2. The fraction of sp³-hybridized carbons (Fsp3) is 1.00. The first kappa shape index (κ1) is 9.99. The average molecular weight is 192 g/mol. The molecule has 0 aromatic carbocycles. The summed E-state index contributed by atoms with van der Waals surface area (Å²) in [6.45, 7) is 5.86. The molecule has 12 heavy (non-hydrogen) atoms. The number of sulfone groups is 1. The van der Waals surface area contributed by atoms with E-state index < -0.39 is 9.84 Å². The van der Waals surface area contributed by atoms with E-state index in [1.165, 1.54) is 0 Å². The molecular weight excluding hydrogens is 174 g/mol. The molecule has 0 aromatic heterocycles. The Morgan fingerprint density at radius 3 is 1.92 bits per heavy atom. The lowest BCUT2D eigenvalue weighted by atomic mass is 10.2. The van der Waals surface area contributed by atoms with E-state index in [9.17, 15) is 8.42 Å². The van der Waals surface area contributed by atoms with Gasteiger partial charge in [0, 0.05) is 0 Å². The lowest BCUT2D eigenvalue weighted by Gasteiger charge is -2.41. The van der Waals surface area contributed by atoms with Crippen molar-refractivity contribution in [1.29, 1.82) is 0 Å². The minimum atomic E-state index is -2.70. The molecular formula is C8H18NO2S+. The number of quaternary nitrogens is 1. The lowest BCUT2D eigenvalue weighted by molar-refractivity contribution is -0.926. The Hall–Kier alpha value is -0.0900. The summed E-state index contributed by atoms with van der Waals surface area (Å²) in [6, 6.07) is 0.528. The first-order valence-corrected chi connectivity index (χ1v) is 6.22. The van der Waals surface area contributed by atoms with E-state index in [-0.39, 0.29) is 0 Å². The summed E-state index contributed by atoms with van der Waals surface area (Å²) in [6.07, 6.45) is 0. The molecule has 1 rings (SSSR count). The molecule has 0 radical (unpaired) electrons. The van der Waals surface area contributed by atoms with Gasteiger partial charge < -0.3 is 4.48 Å². The van der Waals surface area contributed by atoms with Gasteiger partial charge in [0.25, 0.3) is 0 Å². The van der Waals surface area contributed by atoms with Crippen molar-refractivity contribution in [2.24, 2.45) is 0 Å². The van der Waals surface area contributed by atoms with Crippen LogP contribution >= 0.6 is 0 Å². The van der Waals surface area contributed by atoms with Gasteiger partial charge in [-0.05, 0) is 13.8 Å². The summed E-state index contributed by atoms with van der Waals surface area (Å²) in [4.78, 5) is 0. The summed E-state index contributed by atoms with van der Waals surface area (Å²) >= 11 is 0. The number of hydrogen-bond acceptors (Lipinski definition) is 2. The van der Waals surface area contributed by atoms with Crippen molar-refractivity contribution in [3.63, 3.8) is 0 Å². The highest BCUT2D eigenvalue weighted by Crippen LogP contribution is 2.15. The van der Waals surface area contributed by atoms with Gasteiger partial charge in [0.1, 0.15) is 0 Å². The Morgan fingerprint density at radius 2 is 1.58 bits per heavy atom. The van der Waals surface area contributed by atoms with Crippen LogP contribution in [0.25, 0.3) is 0 Å². The topological polar surface area (TPSA) is 34.1 Å². The molecule has 72 valence electrons. The molecule has 1 fully saturated rings. The Kier molecular flexibility index (Phi) is 2.50. The largest absolute Gasteiger partial charge is 0.322 e. The highest BCUT2D eigenvalue weighted by molar-refractivity contribution is 7.91. The van der Waals surface area contributed by atoms with Crippen LogP contribution < -0.4 is 0 Å². The van der Waals surface area contributed by atoms with Crippen LogP contribution in [0.2, 0.25) is 0 Å². The van der Waals surface area contributed by atoms with Crippen LogP contribution in [0.15, 0.2) is 0 Å². The number of rotatable bonds is 1. The third-order valence-electron chi connectivity index (χ3n) is 3.07. The van der Waals surface area contributed by atoms with Crippen molar-refractivity contribution in [2.45, 2.75) is 19.9 Å². The lowest BCUT2D eigenvalue weighted by Crippen LogP contribution is -2.57. The molecule has 1 aliphatic heterocycles. The molecule has 1 aliphatic rings. The fourth-order valence-electron chi connectivity index (χ4n) is 1.43. The number of nitrogens with zero attached hydrogens (tertiary/aromatic N) is 1. The van der Waals surface area contributed by atoms with E-state index in [4.69, 9.17) is 0 Å². The third kappa shape index (κ3) is 1.98. The third-order valence-corrected chi connectivity index (χ3v) is 4.68. The molecule has 0 N–H and O–H groups in total. The zero-order valence-corrected chi connectivity index (χ0v) is 8.89. The van der Waals surface area contributed by atoms with E-state index in [2.05, 4.69) is 20.9 Å². The van der Waals surface area contributed by atoms with Crippen LogP contribution in [-0.4, -0.2) is 50.6 Å². The van der Waals surface area contributed by atoms with Crippen LogP contribution in [0, 0.1) is 0 Å². The highest BCUT2D eigenvalue weighted by atomic mass is 32.2. The monoisotopic (exact) mass is 192 g/mol. The van der Waals surface area contributed by atoms with E-state index >= 15 is 0 Å². The van der Waals surface area contributed by atoms with Gasteiger partial charge in [0.2, 0.25) is 0 Å². The van der Waals surface area contributed by atoms with Crippen LogP contribution in [0.3, 0.4) is 0 Å². The second kappa shape index (κ2) is 3.00. The number of hydrogen-bond donors (Lipinski definition) is 0. The zero-order chi connectivity index (χ0) is 9.41. The minimum Gasteiger partial charge on any atom is -0.322 e. The van der Waals surface area contributed by atoms with Gasteiger partial charge in [-0.25, -0.2) is 8.42 Å². The normalized spacial score (nSPS) is 27.3. The maximum atomic E-state index is 11.2. The van der Waals surface area contributed by atoms with Gasteiger partial charge >= 0.3 is 0 Å². The predicted molar refractivity (Wildman–Crippen MR) is 49.7 cm³/mol. The quantitative estimate of drug-likeness (QED) is 0.559. The van der Waals surface area contributed by atoms with E-state index in [1.807, 2.05) is 0 Å². The summed E-state index contributed by atoms with van der Waals surface area (Å²) in [5.41, 5.74) is 0. The van der Waals surface area contributed by atoms with Crippen LogP contribution in [-0.2, 0) is 9.84 Å². The molecule has 3 nitrogen and oxygen atoms in total. The van der Waals surface area contributed by atoms with Crippen molar-refractivity contribution in [1.82, 2.24) is 0 Å². The molecule has 1 saturated heterocycles. The first-order valence-electron chi connectivity index (χ1n) is 4.40. The molecule has 4 heteroatoms. The molecule has 0 unspecified atom stereocenters. The molecule has 0 aliphatic carbocycles. The second-order valence-corrected chi connectivity index (χ2v) is 6.48. The van der Waals surface area contributed by atoms with Gasteiger partial charge in [-0.3, -0.25) is 0 Å². The van der Waals surface area contributed by atoms with E-state index in [0.717, 1.165) is 17.6 Å². The fourth-order valence-corrected chi connectivity index (χ4v) is 3.02. The van der Waals surface area contributed by atoms with Crippen molar-refractivity contribution in [3.05, 3.63) is 0 Å². The summed E-state index contributed by atoms with van der Waals surface area (Å²) in [5, 5.41) is 0. The Balaban J connectivity index is 2.68. The Bertz CT molecular complexity index is 242. The van der Waals surface area contributed by atoms with Gasteiger partial charge in [-0.15, -0.1) is 0 Å². The Morgan fingerprint density at radius 1 is 1.17 bits per heavy atom. The summed E-state index contributed by atoms with van der Waals surface area (Å²) in [7, 11) is -0.565. The summed E-state index contributed by atoms with van der Waals surface area (Å²) < 4.78 is 23.2. The van der Waals surface area contributed by atoms with Crippen molar-refractivity contribution in [3.8, 4) is 0 Å². The molecule has 0 spiro atoms. The molecule has 0 amide bonds. The Labute approximate surface area is 74.9 Å². The van der Waals surface area contributed by atoms with Gasteiger partial charge in [-0.1, -0.05) is 0 Å². The molecule has 0 saturated carbocycles. The van der Waals surface area contributed by atoms with Crippen LogP contribution in [0.1, 0.15) is 13.8 Å². The first-order chi connectivity index (χ1) is 5.36. The minimum absolute atomic E-state index is 0.363. The van der Waals surface area contributed by atoms with Crippen LogP contribution in [0.5, 0.6) is 0 Å². The highest BCUT2D eigenvalue weighted by Gasteiger charge is 2.34. The molecule has 0 bridgehead atoms. The zero-order valence-electron chi connectivity index (χ0n) is 8.08. The molecule has 0 atom stereocenters. The van der Waals surface area contributed by atoms with Gasteiger partial charge in [0.05, 0.1) is 37.7 Å². The standard InChI is InChI=1S/C8H18NO2S/c1-8(2)9(3)4-6-12(10,11)7-5-9/h8H,4-7H2,1-3H3/q+1. The van der Waals surface area contributed by atoms with Gasteiger partial charge in [-0.2, -0.15) is 0 Å². The van der Waals surface area contributed by atoms with E-state index in [0.29, 0.717) is 17.5 Å². The second-order valence-electron chi connectivity index (χ2n) is 4.17. The molecule has 0 aromatic rings. The molecule has 1 heterocycles.